The SMILES string of the molecule is CC(C)n1ccn(CCC=O)c1=O. The van der Waals surface area contributed by atoms with Crippen LogP contribution in [0.25, 0.3) is 0 Å². The summed E-state index contributed by atoms with van der Waals surface area (Å²) in [4.78, 5) is 21.6. The zero-order valence-electron chi connectivity index (χ0n) is 7.93. The number of aldehydes is 1. The van der Waals surface area contributed by atoms with Crippen molar-refractivity contribution in [1.82, 2.24) is 9.13 Å². The first-order valence-corrected chi connectivity index (χ1v) is 4.37. The minimum atomic E-state index is -0.0446. The predicted molar refractivity (Wildman–Crippen MR) is 49.8 cm³/mol. The molecule has 0 saturated carbocycles. The third-order valence-corrected chi connectivity index (χ3v) is 1.92. The summed E-state index contributed by atoms with van der Waals surface area (Å²) in [6.45, 7) is 4.37. The first kappa shape index (κ1) is 9.77. The zero-order valence-corrected chi connectivity index (χ0v) is 7.93. The second kappa shape index (κ2) is 4.07. The Kier molecular flexibility index (Phi) is 3.06. The third kappa shape index (κ3) is 2.08. The molecule has 0 spiro atoms. The quantitative estimate of drug-likeness (QED) is 0.647. The molecule has 0 aliphatic rings. The van der Waals surface area contributed by atoms with Crippen LogP contribution >= 0.6 is 0 Å². The molecule has 72 valence electrons. The highest BCUT2D eigenvalue weighted by Gasteiger charge is 2.04. The molecular weight excluding hydrogens is 168 g/mol. The number of carbonyl (C=O) groups excluding carboxylic acids is 1. The monoisotopic (exact) mass is 182 g/mol. The second-order valence-corrected chi connectivity index (χ2v) is 3.23. The Balaban J connectivity index is 2.86. The largest absolute Gasteiger partial charge is 0.328 e. The van der Waals surface area contributed by atoms with E-state index in [1.807, 2.05) is 13.8 Å². The summed E-state index contributed by atoms with van der Waals surface area (Å²) in [5.41, 5.74) is -0.0446. The van der Waals surface area contributed by atoms with Gasteiger partial charge < -0.3 is 4.79 Å². The van der Waals surface area contributed by atoms with E-state index in [1.54, 1.807) is 21.5 Å². The van der Waals surface area contributed by atoms with E-state index in [1.165, 1.54) is 0 Å². The minimum absolute atomic E-state index is 0.0446. The van der Waals surface area contributed by atoms with Crippen LogP contribution in [0.3, 0.4) is 0 Å². The molecule has 0 aromatic carbocycles. The smallest absolute Gasteiger partial charge is 0.303 e. The van der Waals surface area contributed by atoms with E-state index < -0.39 is 0 Å². The molecule has 1 aromatic heterocycles. The lowest BCUT2D eigenvalue weighted by Gasteiger charge is -2.03. The highest BCUT2D eigenvalue weighted by molar-refractivity contribution is 5.48. The van der Waals surface area contributed by atoms with Crippen molar-refractivity contribution in [2.75, 3.05) is 0 Å². The summed E-state index contributed by atoms with van der Waals surface area (Å²) in [7, 11) is 0. The number of hydrogen-bond acceptors (Lipinski definition) is 2. The molecule has 0 saturated heterocycles. The van der Waals surface area contributed by atoms with Gasteiger partial charge in [0.15, 0.2) is 0 Å². The molecule has 13 heavy (non-hydrogen) atoms. The molecule has 1 aromatic rings. The summed E-state index contributed by atoms with van der Waals surface area (Å²) < 4.78 is 3.19. The number of hydrogen-bond donors (Lipinski definition) is 0. The van der Waals surface area contributed by atoms with Gasteiger partial charge in [0, 0.05) is 31.4 Å². The van der Waals surface area contributed by atoms with Crippen molar-refractivity contribution < 1.29 is 4.79 Å². The van der Waals surface area contributed by atoms with E-state index in [0.717, 1.165) is 6.29 Å². The van der Waals surface area contributed by atoms with E-state index in [2.05, 4.69) is 0 Å². The number of imidazole rings is 1. The number of rotatable bonds is 4. The van der Waals surface area contributed by atoms with Crippen molar-refractivity contribution in [2.24, 2.45) is 0 Å². The van der Waals surface area contributed by atoms with Crippen LogP contribution in [0.4, 0.5) is 0 Å². The highest BCUT2D eigenvalue weighted by Crippen LogP contribution is 1.98. The van der Waals surface area contributed by atoms with E-state index in [4.69, 9.17) is 0 Å². The molecule has 0 atom stereocenters. The Labute approximate surface area is 76.8 Å². The van der Waals surface area contributed by atoms with Gasteiger partial charge in [0.05, 0.1) is 0 Å². The molecule has 1 heterocycles. The van der Waals surface area contributed by atoms with Gasteiger partial charge in [0.25, 0.3) is 0 Å². The summed E-state index contributed by atoms with van der Waals surface area (Å²) >= 11 is 0. The molecule has 0 unspecified atom stereocenters. The van der Waals surface area contributed by atoms with Crippen molar-refractivity contribution >= 4 is 6.29 Å². The molecule has 0 N–H and O–H groups in total. The van der Waals surface area contributed by atoms with Crippen molar-refractivity contribution in [3.63, 3.8) is 0 Å². The van der Waals surface area contributed by atoms with Crippen LogP contribution in [-0.4, -0.2) is 15.4 Å². The van der Waals surface area contributed by atoms with Crippen LogP contribution in [0.5, 0.6) is 0 Å². The molecule has 0 radical (unpaired) electrons. The van der Waals surface area contributed by atoms with Crippen LogP contribution in [-0.2, 0) is 11.3 Å². The lowest BCUT2D eigenvalue weighted by atomic mass is 10.4. The fraction of sp³-hybridized carbons (Fsp3) is 0.556. The van der Waals surface area contributed by atoms with Crippen molar-refractivity contribution in [3.8, 4) is 0 Å². The van der Waals surface area contributed by atoms with Crippen molar-refractivity contribution in [1.29, 1.82) is 0 Å². The van der Waals surface area contributed by atoms with Gasteiger partial charge in [0.2, 0.25) is 0 Å². The summed E-state index contributed by atoms with van der Waals surface area (Å²) in [6, 6.07) is 0.171. The van der Waals surface area contributed by atoms with Crippen LogP contribution < -0.4 is 5.69 Å². The Morgan fingerprint density at radius 2 is 2.15 bits per heavy atom. The zero-order chi connectivity index (χ0) is 9.84. The van der Waals surface area contributed by atoms with E-state index in [0.29, 0.717) is 13.0 Å². The van der Waals surface area contributed by atoms with Gasteiger partial charge in [-0.2, -0.15) is 0 Å². The normalized spacial score (nSPS) is 10.7. The van der Waals surface area contributed by atoms with Gasteiger partial charge in [-0.25, -0.2) is 4.79 Å². The topological polar surface area (TPSA) is 44.0 Å². The summed E-state index contributed by atoms with van der Waals surface area (Å²) in [5, 5.41) is 0. The standard InChI is InChI=1S/C9H14N2O2/c1-8(2)11-6-5-10(9(11)13)4-3-7-12/h5-8H,3-4H2,1-2H3. The molecule has 0 aliphatic heterocycles. The van der Waals surface area contributed by atoms with Gasteiger partial charge in [-0.15, -0.1) is 0 Å². The van der Waals surface area contributed by atoms with Crippen LogP contribution in [0.2, 0.25) is 0 Å². The molecule has 0 aliphatic carbocycles. The highest BCUT2D eigenvalue weighted by atomic mass is 16.1. The predicted octanol–water partition coefficient (Wildman–Crippen LogP) is 0.820. The Bertz CT molecular complexity index is 336. The molecule has 4 heteroatoms. The Hall–Kier alpha value is -1.32. The van der Waals surface area contributed by atoms with Crippen LogP contribution in [0.15, 0.2) is 17.2 Å². The fourth-order valence-corrected chi connectivity index (χ4v) is 1.18. The molecule has 1 rings (SSSR count). The first-order valence-electron chi connectivity index (χ1n) is 4.37. The average Bonchev–Trinajstić information content (AvgIpc) is 2.43. The van der Waals surface area contributed by atoms with Gasteiger partial charge in [0.1, 0.15) is 6.29 Å². The van der Waals surface area contributed by atoms with E-state index in [-0.39, 0.29) is 11.7 Å². The van der Waals surface area contributed by atoms with Gasteiger partial charge >= 0.3 is 5.69 Å². The maximum Gasteiger partial charge on any atom is 0.328 e. The maximum absolute atomic E-state index is 11.5. The first-order chi connectivity index (χ1) is 6.16. The number of aromatic nitrogens is 2. The average molecular weight is 182 g/mol. The van der Waals surface area contributed by atoms with Gasteiger partial charge in [-0.1, -0.05) is 0 Å². The maximum atomic E-state index is 11.5. The summed E-state index contributed by atoms with van der Waals surface area (Å²) in [6.07, 6.45) is 4.67. The summed E-state index contributed by atoms with van der Waals surface area (Å²) in [5.74, 6) is 0. The number of nitrogens with zero attached hydrogens (tertiary/aromatic N) is 2. The lowest BCUT2D eigenvalue weighted by Crippen LogP contribution is -2.25. The fourth-order valence-electron chi connectivity index (χ4n) is 1.18. The lowest BCUT2D eigenvalue weighted by molar-refractivity contribution is -0.108. The van der Waals surface area contributed by atoms with Crippen molar-refractivity contribution in [3.05, 3.63) is 22.9 Å². The van der Waals surface area contributed by atoms with E-state index in [9.17, 15) is 9.59 Å². The second-order valence-electron chi connectivity index (χ2n) is 3.23. The molecular formula is C9H14N2O2. The minimum Gasteiger partial charge on any atom is -0.303 e. The van der Waals surface area contributed by atoms with Gasteiger partial charge in [-0.05, 0) is 13.8 Å². The molecule has 0 bridgehead atoms. The van der Waals surface area contributed by atoms with E-state index >= 15 is 0 Å². The molecule has 4 nitrogen and oxygen atoms in total. The van der Waals surface area contributed by atoms with Gasteiger partial charge in [-0.3, -0.25) is 9.13 Å². The molecule has 0 amide bonds. The Morgan fingerprint density at radius 3 is 2.62 bits per heavy atom. The van der Waals surface area contributed by atoms with Crippen molar-refractivity contribution in [2.45, 2.75) is 32.9 Å². The Morgan fingerprint density at radius 1 is 1.46 bits per heavy atom. The molecule has 0 fully saturated rings. The van der Waals surface area contributed by atoms with Crippen LogP contribution in [0, 0.1) is 0 Å². The third-order valence-electron chi connectivity index (χ3n) is 1.92. The van der Waals surface area contributed by atoms with Crippen LogP contribution in [0.1, 0.15) is 26.3 Å². The number of carbonyl (C=O) groups is 1. The number of aryl methyl sites for hydroxylation is 1.